The lowest BCUT2D eigenvalue weighted by atomic mass is 10.0. The number of hydrogen-bond acceptors (Lipinski definition) is 4. The first kappa shape index (κ1) is 19.0. The maximum absolute atomic E-state index is 12.3. The molecule has 1 heterocycles. The van der Waals surface area contributed by atoms with Gasteiger partial charge in [-0.1, -0.05) is 42.5 Å². The second kappa shape index (κ2) is 7.96. The van der Waals surface area contributed by atoms with Crippen molar-refractivity contribution in [1.82, 2.24) is 4.90 Å². The van der Waals surface area contributed by atoms with E-state index in [1.807, 2.05) is 18.2 Å². The molecule has 1 saturated heterocycles. The Balaban J connectivity index is 1.48. The third kappa shape index (κ3) is 3.66. The molecule has 28 heavy (non-hydrogen) atoms. The van der Waals surface area contributed by atoms with Gasteiger partial charge in [-0.2, -0.15) is 0 Å². The number of benzene rings is 2. The first-order valence-corrected chi connectivity index (χ1v) is 10.3. The number of methoxy groups -OCH3 is 1. The number of piperazine rings is 1. The molecule has 4 rings (SSSR count). The van der Waals surface area contributed by atoms with Gasteiger partial charge in [0.05, 0.1) is 13.0 Å². The van der Waals surface area contributed by atoms with E-state index in [9.17, 15) is 4.79 Å². The monoisotopic (exact) mass is 378 g/mol. The average Bonchev–Trinajstić information content (AvgIpc) is 3.50. The first-order chi connectivity index (χ1) is 13.6. The van der Waals surface area contributed by atoms with Crippen molar-refractivity contribution in [3.8, 4) is 0 Å². The van der Waals surface area contributed by atoms with E-state index in [1.54, 1.807) is 0 Å². The van der Waals surface area contributed by atoms with Crippen LogP contribution in [-0.4, -0.2) is 50.2 Å². The summed E-state index contributed by atoms with van der Waals surface area (Å²) in [6.07, 6.45) is 0. The quantitative estimate of drug-likeness (QED) is 0.739. The van der Waals surface area contributed by atoms with Crippen LogP contribution in [0.2, 0.25) is 0 Å². The van der Waals surface area contributed by atoms with E-state index in [2.05, 4.69) is 60.0 Å². The van der Waals surface area contributed by atoms with Crippen molar-refractivity contribution in [1.29, 1.82) is 0 Å². The van der Waals surface area contributed by atoms with Crippen molar-refractivity contribution in [2.45, 2.75) is 31.7 Å². The molecule has 2 aliphatic rings. The average molecular weight is 379 g/mol. The summed E-state index contributed by atoms with van der Waals surface area (Å²) in [6.45, 7) is 8.89. The smallest absolute Gasteiger partial charge is 0.309 e. The van der Waals surface area contributed by atoms with Crippen LogP contribution in [-0.2, 0) is 9.53 Å². The lowest BCUT2D eigenvalue weighted by Gasteiger charge is -2.38. The minimum absolute atomic E-state index is 0.0761. The normalized spacial score (nSPS) is 25.0. The summed E-state index contributed by atoms with van der Waals surface area (Å²) in [6, 6.07) is 19.8. The fraction of sp³-hybridized carbons (Fsp3) is 0.458. The SMILES string of the molecule is COC(=O)[C@@H]1[C@H](c2ccccc2)[C@H]1c1ccc(N2CCN(C(C)C)CC2)cc1. The van der Waals surface area contributed by atoms with Crippen molar-refractivity contribution in [3.63, 3.8) is 0 Å². The molecule has 0 aromatic heterocycles. The van der Waals surface area contributed by atoms with Gasteiger partial charge in [0.2, 0.25) is 0 Å². The zero-order chi connectivity index (χ0) is 19.7. The molecular formula is C24H30N2O2. The van der Waals surface area contributed by atoms with E-state index < -0.39 is 0 Å². The van der Waals surface area contributed by atoms with Crippen molar-refractivity contribution < 1.29 is 9.53 Å². The van der Waals surface area contributed by atoms with Gasteiger partial charge in [0, 0.05) is 49.7 Å². The molecule has 0 N–H and O–H groups in total. The Morgan fingerprint density at radius 3 is 2.00 bits per heavy atom. The highest BCUT2D eigenvalue weighted by Gasteiger charge is 2.56. The second-order valence-electron chi connectivity index (χ2n) is 8.22. The maximum atomic E-state index is 12.3. The number of hydrogen-bond donors (Lipinski definition) is 0. The zero-order valence-electron chi connectivity index (χ0n) is 17.0. The predicted molar refractivity (Wildman–Crippen MR) is 113 cm³/mol. The summed E-state index contributed by atoms with van der Waals surface area (Å²) in [5.74, 6) is 0.247. The van der Waals surface area contributed by atoms with Gasteiger partial charge < -0.3 is 9.64 Å². The summed E-state index contributed by atoms with van der Waals surface area (Å²) < 4.78 is 5.07. The molecule has 0 unspecified atom stereocenters. The van der Waals surface area contributed by atoms with Crippen LogP contribution in [0.1, 0.15) is 36.8 Å². The van der Waals surface area contributed by atoms with Crippen molar-refractivity contribution in [2.24, 2.45) is 5.92 Å². The van der Waals surface area contributed by atoms with Gasteiger partial charge in [0.15, 0.2) is 0 Å². The molecule has 2 aromatic rings. The molecule has 0 spiro atoms. The molecule has 3 atom stereocenters. The van der Waals surface area contributed by atoms with Gasteiger partial charge in [0.25, 0.3) is 0 Å². The van der Waals surface area contributed by atoms with Crippen molar-refractivity contribution in [2.75, 3.05) is 38.2 Å². The Labute approximate surface area is 168 Å². The Bertz CT molecular complexity index is 795. The standard InChI is InChI=1S/C24H30N2O2/c1-17(2)25-13-15-26(16-14-25)20-11-9-19(10-12-20)22-21(23(22)24(27)28-3)18-7-5-4-6-8-18/h4-12,17,21-23H,13-16H2,1-3H3/t21-,22-,23-/m1/s1. The van der Waals surface area contributed by atoms with Gasteiger partial charge in [-0.25, -0.2) is 0 Å². The molecule has 2 fully saturated rings. The molecule has 1 saturated carbocycles. The Hall–Kier alpha value is -2.33. The molecule has 1 aliphatic carbocycles. The number of carbonyl (C=O) groups excluding carboxylic acids is 1. The van der Waals surface area contributed by atoms with E-state index in [1.165, 1.54) is 23.9 Å². The molecule has 0 radical (unpaired) electrons. The fourth-order valence-corrected chi connectivity index (χ4v) is 4.65. The van der Waals surface area contributed by atoms with Gasteiger partial charge in [-0.15, -0.1) is 0 Å². The van der Waals surface area contributed by atoms with Crippen LogP contribution >= 0.6 is 0 Å². The number of ether oxygens (including phenoxy) is 1. The van der Waals surface area contributed by atoms with Gasteiger partial charge in [-0.05, 0) is 37.1 Å². The summed E-state index contributed by atoms with van der Waals surface area (Å²) in [5.41, 5.74) is 3.73. The molecule has 148 valence electrons. The number of rotatable bonds is 5. The number of anilines is 1. The van der Waals surface area contributed by atoms with E-state index in [0.29, 0.717) is 6.04 Å². The van der Waals surface area contributed by atoms with E-state index in [0.717, 1.165) is 26.2 Å². The predicted octanol–water partition coefficient (Wildman–Crippen LogP) is 3.89. The zero-order valence-corrected chi connectivity index (χ0v) is 17.0. The molecular weight excluding hydrogens is 348 g/mol. The molecule has 1 aliphatic heterocycles. The number of esters is 1. The van der Waals surface area contributed by atoms with Crippen LogP contribution < -0.4 is 4.90 Å². The van der Waals surface area contributed by atoms with Crippen LogP contribution in [0.4, 0.5) is 5.69 Å². The summed E-state index contributed by atoms with van der Waals surface area (Å²) in [5, 5.41) is 0. The minimum Gasteiger partial charge on any atom is -0.469 e. The number of nitrogens with zero attached hydrogens (tertiary/aromatic N) is 2. The summed E-state index contributed by atoms with van der Waals surface area (Å²) >= 11 is 0. The summed E-state index contributed by atoms with van der Waals surface area (Å²) in [4.78, 5) is 17.3. The van der Waals surface area contributed by atoms with Crippen molar-refractivity contribution in [3.05, 3.63) is 65.7 Å². The highest BCUT2D eigenvalue weighted by Crippen LogP contribution is 2.61. The third-order valence-corrected chi connectivity index (χ3v) is 6.37. The largest absolute Gasteiger partial charge is 0.469 e. The van der Waals surface area contributed by atoms with Crippen LogP contribution in [0, 0.1) is 5.92 Å². The van der Waals surface area contributed by atoms with Crippen molar-refractivity contribution >= 4 is 11.7 Å². The topological polar surface area (TPSA) is 32.8 Å². The van der Waals surface area contributed by atoms with E-state index in [4.69, 9.17) is 4.74 Å². The van der Waals surface area contributed by atoms with Gasteiger partial charge in [-0.3, -0.25) is 9.69 Å². The lowest BCUT2D eigenvalue weighted by Crippen LogP contribution is -2.48. The minimum atomic E-state index is -0.104. The Morgan fingerprint density at radius 2 is 1.46 bits per heavy atom. The van der Waals surface area contributed by atoms with E-state index in [-0.39, 0.29) is 23.7 Å². The maximum Gasteiger partial charge on any atom is 0.309 e. The highest BCUT2D eigenvalue weighted by atomic mass is 16.5. The lowest BCUT2D eigenvalue weighted by molar-refractivity contribution is -0.142. The third-order valence-electron chi connectivity index (χ3n) is 6.37. The van der Waals surface area contributed by atoms with Gasteiger partial charge in [0.1, 0.15) is 0 Å². The number of carbonyl (C=O) groups is 1. The Kier molecular flexibility index (Phi) is 5.40. The molecule has 2 aromatic carbocycles. The summed E-state index contributed by atoms with van der Waals surface area (Å²) in [7, 11) is 1.49. The van der Waals surface area contributed by atoms with Crippen LogP contribution in [0.15, 0.2) is 54.6 Å². The highest BCUT2D eigenvalue weighted by molar-refractivity contribution is 5.80. The van der Waals surface area contributed by atoms with Crippen LogP contribution in [0.3, 0.4) is 0 Å². The van der Waals surface area contributed by atoms with E-state index >= 15 is 0 Å². The van der Waals surface area contributed by atoms with Crippen LogP contribution in [0.25, 0.3) is 0 Å². The Morgan fingerprint density at radius 1 is 0.893 bits per heavy atom. The fourth-order valence-electron chi connectivity index (χ4n) is 4.65. The first-order valence-electron chi connectivity index (χ1n) is 10.3. The molecule has 4 heteroatoms. The van der Waals surface area contributed by atoms with Gasteiger partial charge >= 0.3 is 5.97 Å². The molecule has 4 nitrogen and oxygen atoms in total. The molecule has 0 bridgehead atoms. The molecule has 0 amide bonds. The second-order valence-corrected chi connectivity index (χ2v) is 8.22. The van der Waals surface area contributed by atoms with Crippen LogP contribution in [0.5, 0.6) is 0 Å².